The molecule has 0 fully saturated rings. The van der Waals surface area contributed by atoms with Gasteiger partial charge < -0.3 is 0 Å². The van der Waals surface area contributed by atoms with Crippen molar-refractivity contribution in [3.8, 4) is 5.75 Å². The molecule has 0 aliphatic rings. The number of benzene rings is 1. The topological polar surface area (TPSA) is 9.23 Å². The van der Waals surface area contributed by atoms with E-state index in [-0.39, 0.29) is 51.7 Å². The first-order chi connectivity index (χ1) is 6.00. The van der Waals surface area contributed by atoms with Gasteiger partial charge >= 0.3 is 118 Å². The Balaban J connectivity index is 3.56. The zero-order valence-electron chi connectivity index (χ0n) is 6.01. The second-order valence-corrected chi connectivity index (χ2v) is 5.06. The van der Waals surface area contributed by atoms with E-state index in [1.165, 1.54) is 0 Å². The first-order valence-corrected chi connectivity index (χ1v) is 7.07. The normalized spacial score (nSPS) is 10.4. The molecule has 0 saturated heterocycles. The number of hydrogen-bond donors (Lipinski definition) is 0. The van der Waals surface area contributed by atoms with Crippen LogP contribution < -0.4 is 2.64 Å². The summed E-state index contributed by atoms with van der Waals surface area (Å²) in [5.74, 6) is 0.311. The van der Waals surface area contributed by atoms with E-state index in [0.717, 1.165) is 0 Å². The van der Waals surface area contributed by atoms with Crippen molar-refractivity contribution in [2.45, 2.75) is 0 Å². The SMILES string of the molecule is Clc1c(Cl)c(Cl)c([O][Hg])c(Cl)c1Cl. The van der Waals surface area contributed by atoms with E-state index in [4.69, 9.17) is 60.6 Å². The van der Waals surface area contributed by atoms with Crippen LogP contribution in [0.5, 0.6) is 5.75 Å². The molecule has 0 unspecified atom stereocenters. The second-order valence-electron chi connectivity index (χ2n) is 2.04. The van der Waals surface area contributed by atoms with Crippen LogP contribution >= 0.6 is 58.0 Å². The van der Waals surface area contributed by atoms with E-state index in [1.807, 2.05) is 0 Å². The van der Waals surface area contributed by atoms with Crippen molar-refractivity contribution in [2.75, 3.05) is 0 Å². The van der Waals surface area contributed by atoms with Gasteiger partial charge in [-0.15, -0.1) is 0 Å². The fourth-order valence-electron chi connectivity index (χ4n) is 0.711. The van der Waals surface area contributed by atoms with Crippen molar-refractivity contribution in [1.29, 1.82) is 0 Å². The molecule has 1 aromatic rings. The fraction of sp³-hybridized carbons (Fsp3) is 0. The molecule has 13 heavy (non-hydrogen) atoms. The summed E-state index contributed by atoms with van der Waals surface area (Å²) in [6.07, 6.45) is 0. The van der Waals surface area contributed by atoms with Gasteiger partial charge in [0.25, 0.3) is 0 Å². The molecule has 0 aliphatic heterocycles. The Bertz CT molecular complexity index is 324. The Morgan fingerprint density at radius 1 is 0.692 bits per heavy atom. The monoisotopic (exact) mass is 465 g/mol. The summed E-state index contributed by atoms with van der Waals surface area (Å²) in [5, 5.41) is 0.885. The Labute approximate surface area is 117 Å². The quantitative estimate of drug-likeness (QED) is 0.329. The van der Waals surface area contributed by atoms with Gasteiger partial charge in [-0.25, -0.2) is 0 Å². The third-order valence-electron chi connectivity index (χ3n) is 1.31. The molecule has 0 N–H and O–H groups in total. The van der Waals surface area contributed by atoms with Crippen molar-refractivity contribution in [3.63, 3.8) is 0 Å². The van der Waals surface area contributed by atoms with E-state index in [0.29, 0.717) is 5.75 Å². The molecule has 67 valence electrons. The first-order valence-electron chi connectivity index (χ1n) is 2.94. The van der Waals surface area contributed by atoms with Crippen molar-refractivity contribution >= 4 is 58.0 Å². The maximum absolute atomic E-state index is 5.82. The van der Waals surface area contributed by atoms with Gasteiger partial charge in [0.1, 0.15) is 0 Å². The van der Waals surface area contributed by atoms with Crippen LogP contribution in [0.15, 0.2) is 0 Å². The molecule has 0 radical (unpaired) electrons. The summed E-state index contributed by atoms with van der Waals surface area (Å²) in [7, 11) is 0. The number of rotatable bonds is 1. The van der Waals surface area contributed by atoms with Gasteiger partial charge in [-0.2, -0.15) is 0 Å². The van der Waals surface area contributed by atoms with Gasteiger partial charge in [-0.05, 0) is 0 Å². The molecular weight excluding hydrogens is 466 g/mol. The summed E-state index contributed by atoms with van der Waals surface area (Å²) in [6, 6.07) is 0. The van der Waals surface area contributed by atoms with E-state index in [1.54, 1.807) is 0 Å². The van der Waals surface area contributed by atoms with Crippen molar-refractivity contribution in [3.05, 3.63) is 25.1 Å². The van der Waals surface area contributed by atoms with Gasteiger partial charge in [0.2, 0.25) is 0 Å². The van der Waals surface area contributed by atoms with Crippen LogP contribution in [0.1, 0.15) is 0 Å². The third-order valence-corrected chi connectivity index (χ3v) is 4.68. The average molecular weight is 466 g/mol. The zero-order valence-corrected chi connectivity index (χ0v) is 15.3. The molecule has 0 amide bonds. The Morgan fingerprint density at radius 2 is 1.00 bits per heavy atom. The van der Waals surface area contributed by atoms with Crippen LogP contribution in [0, 0.1) is 0 Å². The molecule has 0 spiro atoms. The molecule has 0 aromatic heterocycles. The first kappa shape index (κ1) is 12.5. The molecule has 7 heteroatoms. The average Bonchev–Trinajstić information content (AvgIpc) is 2.13. The maximum atomic E-state index is 5.82. The Morgan fingerprint density at radius 3 is 1.31 bits per heavy atom. The minimum absolute atomic E-state index is 0.0494. The molecule has 0 saturated carbocycles. The summed E-state index contributed by atoms with van der Waals surface area (Å²) in [4.78, 5) is 0. The molecule has 1 aromatic carbocycles. The third kappa shape index (κ3) is 2.32. The minimum atomic E-state index is 0.0494. The van der Waals surface area contributed by atoms with E-state index < -0.39 is 0 Å². The molecule has 0 heterocycles. The zero-order chi connectivity index (χ0) is 10.2. The van der Waals surface area contributed by atoms with E-state index >= 15 is 0 Å². The summed E-state index contributed by atoms with van der Waals surface area (Å²) in [5.41, 5.74) is 0. The van der Waals surface area contributed by atoms with E-state index in [9.17, 15) is 0 Å². The summed E-state index contributed by atoms with van der Waals surface area (Å²) >= 11 is 29.0. The van der Waals surface area contributed by atoms with Gasteiger partial charge in [-0.1, -0.05) is 0 Å². The van der Waals surface area contributed by atoms with Crippen LogP contribution in [-0.4, -0.2) is 0 Å². The van der Waals surface area contributed by atoms with Crippen molar-refractivity contribution < 1.29 is 29.2 Å². The van der Waals surface area contributed by atoms with Gasteiger partial charge in [0.05, 0.1) is 0 Å². The standard InChI is InChI=1S/C6HCl5O.Hg/c7-1-2(8)4(10)6(12)5(11)3(1)9;/h12H;/q;+1/p-1. The molecule has 0 aliphatic carbocycles. The number of halogens is 5. The predicted molar refractivity (Wildman–Crippen MR) is 52.1 cm³/mol. The van der Waals surface area contributed by atoms with Crippen LogP contribution in [0.4, 0.5) is 0 Å². The Hall–Kier alpha value is 1.41. The van der Waals surface area contributed by atoms with Crippen molar-refractivity contribution in [2.24, 2.45) is 0 Å². The summed E-state index contributed by atoms with van der Waals surface area (Å²) in [6.45, 7) is 0. The molecule has 0 bridgehead atoms. The fourth-order valence-corrected chi connectivity index (χ4v) is 3.78. The molecule has 1 rings (SSSR count). The van der Waals surface area contributed by atoms with Gasteiger partial charge in [0, 0.05) is 0 Å². The van der Waals surface area contributed by atoms with E-state index in [2.05, 4.69) is 0 Å². The van der Waals surface area contributed by atoms with Gasteiger partial charge in [0.15, 0.2) is 0 Å². The van der Waals surface area contributed by atoms with Gasteiger partial charge in [-0.3, -0.25) is 0 Å². The molecule has 1 nitrogen and oxygen atoms in total. The van der Waals surface area contributed by atoms with Crippen LogP contribution in [0.25, 0.3) is 0 Å². The number of hydrogen-bond acceptors (Lipinski definition) is 1. The second kappa shape index (κ2) is 4.95. The van der Waals surface area contributed by atoms with Crippen LogP contribution in [0.3, 0.4) is 0 Å². The van der Waals surface area contributed by atoms with Crippen LogP contribution in [-0.2, 0) is 26.6 Å². The Kier molecular flexibility index (Phi) is 4.75. The predicted octanol–water partition coefficient (Wildman–Crippen LogP) is 4.79. The summed E-state index contributed by atoms with van der Waals surface area (Å²) < 4.78 is 5.10. The van der Waals surface area contributed by atoms with Crippen molar-refractivity contribution in [1.82, 2.24) is 0 Å². The molecule has 0 atom stereocenters. The molecular formula is C6Cl5HgO. The van der Waals surface area contributed by atoms with Crippen LogP contribution in [0.2, 0.25) is 25.1 Å².